The van der Waals surface area contributed by atoms with E-state index in [-0.39, 0.29) is 16.0 Å². The third-order valence-corrected chi connectivity index (χ3v) is 3.95. The highest BCUT2D eigenvalue weighted by atomic mass is 35.5. The van der Waals surface area contributed by atoms with Gasteiger partial charge in [0.15, 0.2) is 0 Å². The van der Waals surface area contributed by atoms with Gasteiger partial charge in [-0.25, -0.2) is 13.1 Å². The van der Waals surface area contributed by atoms with E-state index in [1.807, 2.05) is 0 Å². The Morgan fingerprint density at radius 3 is 2.40 bits per heavy atom. The average Bonchev–Trinajstić information content (AvgIpc) is 2.06. The van der Waals surface area contributed by atoms with Crippen molar-refractivity contribution in [2.45, 2.75) is 24.8 Å². The second-order valence-corrected chi connectivity index (χ2v) is 5.88. The Labute approximate surface area is 99.4 Å². The summed E-state index contributed by atoms with van der Waals surface area (Å²) in [6.45, 7) is 3.46. The molecular formula is C9H11Cl2NO2S. The Morgan fingerprint density at radius 1 is 1.27 bits per heavy atom. The fraction of sp³-hybridized carbons (Fsp3) is 0.333. The molecule has 0 unspecified atom stereocenters. The molecule has 0 aliphatic rings. The maximum Gasteiger partial charge on any atom is 0.242 e. The van der Waals surface area contributed by atoms with Gasteiger partial charge in [-0.15, -0.1) is 0 Å². The molecule has 0 saturated heterocycles. The lowest BCUT2D eigenvalue weighted by molar-refractivity contribution is 0.570. The van der Waals surface area contributed by atoms with Crippen LogP contribution in [0.5, 0.6) is 0 Å². The van der Waals surface area contributed by atoms with Crippen LogP contribution in [-0.2, 0) is 10.0 Å². The lowest BCUT2D eigenvalue weighted by Crippen LogP contribution is -2.30. The first-order chi connectivity index (χ1) is 6.83. The molecule has 1 rings (SSSR count). The van der Waals surface area contributed by atoms with Crippen LogP contribution in [-0.4, -0.2) is 14.5 Å². The van der Waals surface area contributed by atoms with Gasteiger partial charge in [0.1, 0.15) is 4.90 Å². The molecule has 1 aromatic rings. The first-order valence-electron chi connectivity index (χ1n) is 4.30. The predicted octanol–water partition coefficient (Wildman–Crippen LogP) is 2.68. The van der Waals surface area contributed by atoms with E-state index in [0.717, 1.165) is 0 Å². The molecule has 0 atom stereocenters. The van der Waals surface area contributed by atoms with Crippen molar-refractivity contribution in [2.75, 3.05) is 0 Å². The van der Waals surface area contributed by atoms with Gasteiger partial charge < -0.3 is 0 Å². The van der Waals surface area contributed by atoms with Gasteiger partial charge in [-0.1, -0.05) is 23.2 Å². The van der Waals surface area contributed by atoms with E-state index in [1.54, 1.807) is 13.8 Å². The first kappa shape index (κ1) is 12.8. The van der Waals surface area contributed by atoms with Crippen LogP contribution in [0.15, 0.2) is 23.1 Å². The van der Waals surface area contributed by atoms with Gasteiger partial charge in [-0.3, -0.25) is 0 Å². The molecule has 84 valence electrons. The SMILES string of the molecule is CC(C)NS(=O)(=O)c1cc(Cl)ccc1Cl. The van der Waals surface area contributed by atoms with Crippen LogP contribution >= 0.6 is 23.2 Å². The lowest BCUT2D eigenvalue weighted by atomic mass is 10.4. The van der Waals surface area contributed by atoms with Crippen molar-refractivity contribution in [3.05, 3.63) is 28.2 Å². The van der Waals surface area contributed by atoms with Crippen molar-refractivity contribution in [1.82, 2.24) is 4.72 Å². The highest BCUT2D eigenvalue weighted by molar-refractivity contribution is 7.89. The molecule has 0 spiro atoms. The fourth-order valence-corrected chi connectivity index (χ4v) is 3.07. The Hall–Kier alpha value is -0.290. The van der Waals surface area contributed by atoms with Crippen molar-refractivity contribution in [3.8, 4) is 0 Å². The molecule has 1 aromatic carbocycles. The first-order valence-corrected chi connectivity index (χ1v) is 6.54. The minimum absolute atomic E-state index is 0.00497. The van der Waals surface area contributed by atoms with E-state index >= 15 is 0 Å². The zero-order chi connectivity index (χ0) is 11.6. The summed E-state index contributed by atoms with van der Waals surface area (Å²) < 4.78 is 26.0. The van der Waals surface area contributed by atoms with Gasteiger partial charge in [0.05, 0.1) is 5.02 Å². The Balaban J connectivity index is 3.21. The summed E-state index contributed by atoms with van der Waals surface area (Å²) in [7, 11) is -3.58. The second-order valence-electron chi connectivity index (χ2n) is 3.35. The van der Waals surface area contributed by atoms with Gasteiger partial charge >= 0.3 is 0 Å². The molecule has 0 heterocycles. The van der Waals surface area contributed by atoms with Crippen LogP contribution < -0.4 is 4.72 Å². The fourth-order valence-electron chi connectivity index (χ4n) is 1.06. The van der Waals surface area contributed by atoms with Crippen LogP contribution in [0.25, 0.3) is 0 Å². The molecule has 6 heteroatoms. The quantitative estimate of drug-likeness (QED) is 0.916. The van der Waals surface area contributed by atoms with Crippen LogP contribution in [0.4, 0.5) is 0 Å². The third-order valence-electron chi connectivity index (χ3n) is 1.57. The van der Waals surface area contributed by atoms with Crippen molar-refractivity contribution < 1.29 is 8.42 Å². The molecule has 0 saturated carbocycles. The van der Waals surface area contributed by atoms with E-state index in [0.29, 0.717) is 5.02 Å². The summed E-state index contributed by atoms with van der Waals surface area (Å²) in [4.78, 5) is 0.00497. The summed E-state index contributed by atoms with van der Waals surface area (Å²) in [6.07, 6.45) is 0. The van der Waals surface area contributed by atoms with Crippen molar-refractivity contribution in [1.29, 1.82) is 0 Å². The molecule has 0 radical (unpaired) electrons. The number of sulfonamides is 1. The van der Waals surface area contributed by atoms with Gasteiger partial charge in [0, 0.05) is 11.1 Å². The molecule has 0 fully saturated rings. The number of hydrogen-bond acceptors (Lipinski definition) is 2. The van der Waals surface area contributed by atoms with E-state index in [1.165, 1.54) is 18.2 Å². The van der Waals surface area contributed by atoms with E-state index in [4.69, 9.17) is 23.2 Å². The molecule has 3 nitrogen and oxygen atoms in total. The molecule has 0 bridgehead atoms. The topological polar surface area (TPSA) is 46.2 Å². The molecule has 0 aliphatic heterocycles. The Bertz CT molecular complexity index is 457. The zero-order valence-corrected chi connectivity index (χ0v) is 10.6. The number of halogens is 2. The molecule has 0 aliphatic carbocycles. The Kier molecular flexibility index (Phi) is 4.00. The summed E-state index contributed by atoms with van der Waals surface area (Å²) in [6, 6.07) is 4.14. The molecule has 0 aromatic heterocycles. The normalized spacial score (nSPS) is 12.1. The summed E-state index contributed by atoms with van der Waals surface area (Å²) in [5.41, 5.74) is 0. The van der Waals surface area contributed by atoms with E-state index in [9.17, 15) is 8.42 Å². The monoisotopic (exact) mass is 267 g/mol. The maximum absolute atomic E-state index is 11.8. The minimum atomic E-state index is -3.58. The number of nitrogens with one attached hydrogen (secondary N) is 1. The van der Waals surface area contributed by atoms with Crippen molar-refractivity contribution in [2.24, 2.45) is 0 Å². The van der Waals surface area contributed by atoms with Crippen molar-refractivity contribution in [3.63, 3.8) is 0 Å². The molecular weight excluding hydrogens is 257 g/mol. The Morgan fingerprint density at radius 2 is 1.87 bits per heavy atom. The smallest absolute Gasteiger partial charge is 0.209 e. The molecule has 0 amide bonds. The lowest BCUT2D eigenvalue weighted by Gasteiger charge is -2.10. The van der Waals surface area contributed by atoms with Crippen molar-refractivity contribution >= 4 is 33.2 Å². The number of rotatable bonds is 3. The van der Waals surface area contributed by atoms with Crippen LogP contribution in [0.2, 0.25) is 10.0 Å². The molecule has 1 N–H and O–H groups in total. The average molecular weight is 268 g/mol. The zero-order valence-electron chi connectivity index (χ0n) is 8.29. The van der Waals surface area contributed by atoms with E-state index < -0.39 is 10.0 Å². The largest absolute Gasteiger partial charge is 0.242 e. The third kappa shape index (κ3) is 3.34. The van der Waals surface area contributed by atoms with Crippen LogP contribution in [0.1, 0.15) is 13.8 Å². The summed E-state index contributed by atoms with van der Waals surface area (Å²) in [5.74, 6) is 0. The highest BCUT2D eigenvalue weighted by Gasteiger charge is 2.18. The second kappa shape index (κ2) is 4.70. The van der Waals surface area contributed by atoms with Crippen LogP contribution in [0.3, 0.4) is 0 Å². The predicted molar refractivity (Wildman–Crippen MR) is 61.9 cm³/mol. The van der Waals surface area contributed by atoms with Gasteiger partial charge in [0.25, 0.3) is 0 Å². The number of hydrogen-bond donors (Lipinski definition) is 1. The maximum atomic E-state index is 11.8. The van der Waals surface area contributed by atoms with Gasteiger partial charge in [0.2, 0.25) is 10.0 Å². The molecule has 15 heavy (non-hydrogen) atoms. The standard InChI is InChI=1S/C9H11Cl2NO2S/c1-6(2)12-15(13,14)9-5-7(10)3-4-8(9)11/h3-6,12H,1-2H3. The number of benzene rings is 1. The highest BCUT2D eigenvalue weighted by Crippen LogP contribution is 2.24. The minimum Gasteiger partial charge on any atom is -0.209 e. The van der Waals surface area contributed by atoms with Crippen LogP contribution in [0, 0.1) is 0 Å². The van der Waals surface area contributed by atoms with Gasteiger partial charge in [-0.2, -0.15) is 0 Å². The van der Waals surface area contributed by atoms with E-state index in [2.05, 4.69) is 4.72 Å². The summed E-state index contributed by atoms with van der Waals surface area (Å²) in [5, 5.41) is 0.496. The van der Waals surface area contributed by atoms with Gasteiger partial charge in [-0.05, 0) is 32.0 Å². The summed E-state index contributed by atoms with van der Waals surface area (Å²) >= 11 is 11.5.